The maximum atomic E-state index is 13.2. The molecular weight excluding hydrogens is 643 g/mol. The lowest BCUT2D eigenvalue weighted by atomic mass is 10.0. The number of allylic oxidation sites excluding steroid dienone is 1. The van der Waals surface area contributed by atoms with Crippen LogP contribution in [0.25, 0.3) is 5.69 Å². The van der Waals surface area contributed by atoms with Gasteiger partial charge in [-0.3, -0.25) is 9.36 Å². The lowest BCUT2D eigenvalue weighted by Crippen LogP contribution is -2.39. The Morgan fingerprint density at radius 2 is 1.64 bits per heavy atom. The summed E-state index contributed by atoms with van der Waals surface area (Å²) in [5.74, 6) is 0.0925. The lowest BCUT2D eigenvalue weighted by molar-refractivity contribution is 0.0766. The van der Waals surface area contributed by atoms with Gasteiger partial charge in [0, 0.05) is 24.3 Å². The van der Waals surface area contributed by atoms with E-state index >= 15 is 0 Å². The van der Waals surface area contributed by atoms with Gasteiger partial charge in [-0.05, 0) is 77.2 Å². The second-order valence-electron chi connectivity index (χ2n) is 10.0. The van der Waals surface area contributed by atoms with Gasteiger partial charge in [0.05, 0.1) is 9.26 Å². The van der Waals surface area contributed by atoms with Gasteiger partial charge in [0.1, 0.15) is 6.61 Å². The first-order valence-corrected chi connectivity index (χ1v) is 14.7. The summed E-state index contributed by atoms with van der Waals surface area (Å²) in [6.07, 6.45) is 3.87. The van der Waals surface area contributed by atoms with Gasteiger partial charge in [0.2, 0.25) is 0 Å². The highest BCUT2D eigenvalue weighted by atomic mass is 127. The predicted octanol–water partition coefficient (Wildman–Crippen LogP) is 6.83. The molecule has 0 bridgehead atoms. The zero-order valence-corrected chi connectivity index (χ0v) is 25.7. The average molecular weight is 677 g/mol. The van der Waals surface area contributed by atoms with Gasteiger partial charge in [0.15, 0.2) is 5.82 Å². The normalized spacial score (nSPS) is 12.2. The number of ether oxygens (including phenoxy) is 1. The second kappa shape index (κ2) is 14.6. The molecule has 0 fully saturated rings. The molecule has 0 aliphatic rings. The molecule has 1 heterocycles. The van der Waals surface area contributed by atoms with Gasteiger partial charge in [-0.15, -0.1) is 6.58 Å². The smallest absolute Gasteiger partial charge is 0.410 e. The number of hydrogen-bond donors (Lipinski definition) is 1. The first-order chi connectivity index (χ1) is 20.2. The minimum atomic E-state index is -0.523. The molecule has 4 aromatic rings. The Labute approximate surface area is 259 Å². The highest BCUT2D eigenvalue weighted by Crippen LogP contribution is 2.20. The molecule has 8 nitrogen and oxygen atoms in total. The predicted molar refractivity (Wildman–Crippen MR) is 173 cm³/mol. The highest BCUT2D eigenvalue weighted by Gasteiger charge is 2.23. The molecule has 0 saturated heterocycles. The monoisotopic (exact) mass is 676 g/mol. The Kier molecular flexibility index (Phi) is 10.7. The van der Waals surface area contributed by atoms with Crippen molar-refractivity contribution in [2.45, 2.75) is 39.5 Å². The van der Waals surface area contributed by atoms with Gasteiger partial charge in [-0.2, -0.15) is 4.98 Å². The quantitative estimate of drug-likeness (QED) is 0.139. The van der Waals surface area contributed by atoms with Crippen molar-refractivity contribution in [3.8, 4) is 5.69 Å². The van der Waals surface area contributed by atoms with Crippen LogP contribution in [0.3, 0.4) is 0 Å². The number of benzene rings is 3. The van der Waals surface area contributed by atoms with E-state index in [4.69, 9.17) is 4.74 Å². The largest absolute Gasteiger partial charge is 0.445 e. The Morgan fingerprint density at radius 1 is 1.00 bits per heavy atom. The van der Waals surface area contributed by atoms with E-state index in [1.165, 1.54) is 4.57 Å². The summed E-state index contributed by atoms with van der Waals surface area (Å²) in [5, 5.41) is 2.71. The number of rotatable bonds is 11. The SMILES string of the molecule is C=C[C@H](C)C[C@H](C)N(Cc1ccc(-n2cc(I)c(NC(=O)c3ccccc3)nc2=O)cc1)C(=O)OCc1ccccc1. The van der Waals surface area contributed by atoms with E-state index in [-0.39, 0.29) is 30.3 Å². The zero-order chi connectivity index (χ0) is 30.1. The molecule has 3 aromatic carbocycles. The fourth-order valence-electron chi connectivity index (χ4n) is 4.40. The number of anilines is 1. The molecule has 9 heteroatoms. The molecule has 0 saturated carbocycles. The standard InChI is InChI=1S/C33H33IN4O4/c1-4-23(2)19-24(3)37(33(41)42-22-26-11-7-5-8-12-26)20-25-15-17-28(18-16-25)38-21-29(34)30(36-32(38)40)35-31(39)27-13-9-6-10-14-27/h4-18,21,23-24H,1,19-20,22H2,2-3H3,(H,35,36,39,40)/t23-,24-/m0/s1. The van der Waals surface area contributed by atoms with Crippen molar-refractivity contribution >= 4 is 40.4 Å². The molecule has 4 rings (SSSR count). The highest BCUT2D eigenvalue weighted by molar-refractivity contribution is 14.1. The summed E-state index contributed by atoms with van der Waals surface area (Å²) in [6, 6.07) is 25.6. The van der Waals surface area contributed by atoms with Crippen LogP contribution in [0.1, 0.15) is 41.8 Å². The number of amides is 2. The average Bonchev–Trinajstić information content (AvgIpc) is 3.01. The third-order valence-electron chi connectivity index (χ3n) is 6.80. The molecule has 2 amide bonds. The van der Waals surface area contributed by atoms with Crippen molar-refractivity contribution in [1.82, 2.24) is 14.5 Å². The number of carbonyl (C=O) groups is 2. The molecule has 0 unspecified atom stereocenters. The molecule has 0 aliphatic heterocycles. The van der Waals surface area contributed by atoms with Crippen molar-refractivity contribution in [1.29, 1.82) is 0 Å². The molecule has 42 heavy (non-hydrogen) atoms. The minimum absolute atomic E-state index is 0.0898. The van der Waals surface area contributed by atoms with Gasteiger partial charge >= 0.3 is 11.8 Å². The number of nitrogens with zero attached hydrogens (tertiary/aromatic N) is 3. The van der Waals surface area contributed by atoms with Crippen molar-refractivity contribution < 1.29 is 14.3 Å². The maximum Gasteiger partial charge on any atom is 0.410 e. The topological polar surface area (TPSA) is 93.5 Å². The van der Waals surface area contributed by atoms with Crippen LogP contribution in [0.4, 0.5) is 10.6 Å². The van der Waals surface area contributed by atoms with E-state index < -0.39 is 11.8 Å². The molecule has 2 atom stereocenters. The lowest BCUT2D eigenvalue weighted by Gasteiger charge is -2.30. The Morgan fingerprint density at radius 3 is 2.29 bits per heavy atom. The molecular formula is C33H33IN4O4. The van der Waals surface area contributed by atoms with Crippen molar-refractivity contribution in [3.05, 3.63) is 135 Å². The van der Waals surface area contributed by atoms with E-state index in [0.717, 1.165) is 17.5 Å². The third kappa shape index (κ3) is 8.16. The van der Waals surface area contributed by atoms with Crippen molar-refractivity contribution in [2.75, 3.05) is 5.32 Å². The van der Waals surface area contributed by atoms with Crippen LogP contribution >= 0.6 is 22.6 Å². The molecule has 0 spiro atoms. The van der Waals surface area contributed by atoms with Gasteiger partial charge in [0.25, 0.3) is 5.91 Å². The zero-order valence-electron chi connectivity index (χ0n) is 23.6. The van der Waals surface area contributed by atoms with Crippen LogP contribution in [0.2, 0.25) is 0 Å². The summed E-state index contributed by atoms with van der Waals surface area (Å²) < 4.78 is 7.69. The van der Waals surface area contributed by atoms with Crippen LogP contribution in [-0.4, -0.2) is 32.5 Å². The number of nitrogens with one attached hydrogen (secondary N) is 1. The van der Waals surface area contributed by atoms with Crippen LogP contribution in [0.5, 0.6) is 0 Å². The summed E-state index contributed by atoms with van der Waals surface area (Å²) >= 11 is 2.04. The van der Waals surface area contributed by atoms with Gasteiger partial charge < -0.3 is 15.0 Å². The van der Waals surface area contributed by atoms with Gasteiger partial charge in [-0.1, -0.05) is 73.7 Å². The first kappa shape index (κ1) is 30.7. The van der Waals surface area contributed by atoms with E-state index in [2.05, 4.69) is 23.8 Å². The summed E-state index contributed by atoms with van der Waals surface area (Å²) in [4.78, 5) is 44.4. The fourth-order valence-corrected chi connectivity index (χ4v) is 4.93. The van der Waals surface area contributed by atoms with E-state index in [1.807, 2.05) is 84.1 Å². The minimum Gasteiger partial charge on any atom is -0.445 e. The number of carbonyl (C=O) groups excluding carboxylic acids is 2. The number of halogens is 1. The van der Waals surface area contributed by atoms with Crippen LogP contribution in [0.15, 0.2) is 109 Å². The van der Waals surface area contributed by atoms with Crippen molar-refractivity contribution in [3.63, 3.8) is 0 Å². The Balaban J connectivity index is 1.49. The Hall–Kier alpha value is -4.25. The van der Waals surface area contributed by atoms with Crippen LogP contribution in [-0.2, 0) is 17.9 Å². The molecule has 216 valence electrons. The van der Waals surface area contributed by atoms with E-state index in [9.17, 15) is 14.4 Å². The third-order valence-corrected chi connectivity index (χ3v) is 7.59. The van der Waals surface area contributed by atoms with Gasteiger partial charge in [-0.25, -0.2) is 9.59 Å². The fraction of sp³-hybridized carbons (Fsp3) is 0.212. The van der Waals surface area contributed by atoms with Crippen LogP contribution in [0, 0.1) is 9.49 Å². The first-order valence-electron chi connectivity index (χ1n) is 13.6. The van der Waals surface area contributed by atoms with E-state index in [0.29, 0.717) is 21.4 Å². The van der Waals surface area contributed by atoms with E-state index in [1.54, 1.807) is 47.5 Å². The molecule has 0 radical (unpaired) electrons. The molecule has 1 N–H and O–H groups in total. The Bertz CT molecular complexity index is 1570. The summed E-state index contributed by atoms with van der Waals surface area (Å²) in [7, 11) is 0. The molecule has 1 aromatic heterocycles. The molecule has 0 aliphatic carbocycles. The summed E-state index contributed by atoms with van der Waals surface area (Å²) in [5.41, 5.74) is 2.37. The number of hydrogen-bond acceptors (Lipinski definition) is 5. The second-order valence-corrected chi connectivity index (χ2v) is 11.2. The van der Waals surface area contributed by atoms with Crippen molar-refractivity contribution in [2.24, 2.45) is 5.92 Å². The maximum absolute atomic E-state index is 13.2. The summed E-state index contributed by atoms with van der Waals surface area (Å²) in [6.45, 7) is 8.48. The number of aromatic nitrogens is 2. The van der Waals surface area contributed by atoms with Crippen LogP contribution < -0.4 is 11.0 Å².